The summed E-state index contributed by atoms with van der Waals surface area (Å²) < 4.78 is 23.5. The Morgan fingerprint density at radius 1 is 1.47 bits per heavy atom. The lowest BCUT2D eigenvalue weighted by molar-refractivity contribution is 0.0697. The third-order valence-corrected chi connectivity index (χ3v) is 2.41. The molecule has 0 fully saturated rings. The Morgan fingerprint density at radius 2 is 2.07 bits per heavy atom. The van der Waals surface area contributed by atoms with Gasteiger partial charge in [-0.3, -0.25) is 4.72 Å². The average Bonchev–Trinajstić information content (AvgIpc) is 2.06. The van der Waals surface area contributed by atoms with E-state index in [0.29, 0.717) is 5.56 Å². The van der Waals surface area contributed by atoms with Crippen molar-refractivity contribution in [3.05, 3.63) is 29.3 Å². The fraction of sp³-hybridized carbons (Fsp3) is 0.125. The predicted molar refractivity (Wildman–Crippen MR) is 56.5 cm³/mol. The topological polar surface area (TPSA) is 83.5 Å². The van der Waals surface area contributed by atoms with Gasteiger partial charge in [-0.05, 0) is 24.6 Å². The summed E-state index contributed by atoms with van der Waals surface area (Å²) in [4.78, 5) is 10.6. The van der Waals surface area contributed by atoms with E-state index in [-0.39, 0.29) is 11.3 Å². The first-order chi connectivity index (χ1) is 6.79. The summed E-state index contributed by atoms with van der Waals surface area (Å²) in [6.07, 6.45) is 0. The van der Waals surface area contributed by atoms with Crippen molar-refractivity contribution in [2.24, 2.45) is 0 Å². The number of anilines is 1. The van der Waals surface area contributed by atoms with Gasteiger partial charge in [0.15, 0.2) is 0 Å². The molecule has 0 aromatic heterocycles. The summed E-state index contributed by atoms with van der Waals surface area (Å²) in [5.74, 6) is -1.13. The quantitative estimate of drug-likeness (QED) is 0.797. The molecule has 7 heteroatoms. The van der Waals surface area contributed by atoms with Gasteiger partial charge in [0.05, 0.1) is 11.3 Å². The highest BCUT2D eigenvalue weighted by atomic mass is 35.7. The minimum Gasteiger partial charge on any atom is -0.478 e. The van der Waals surface area contributed by atoms with Crippen molar-refractivity contribution in [1.29, 1.82) is 0 Å². The minimum atomic E-state index is -3.91. The van der Waals surface area contributed by atoms with Gasteiger partial charge in [0.2, 0.25) is 0 Å². The van der Waals surface area contributed by atoms with Crippen LogP contribution in [0.15, 0.2) is 18.2 Å². The molecular weight excluding hydrogens is 242 g/mol. The molecule has 1 aromatic rings. The van der Waals surface area contributed by atoms with Crippen LogP contribution in [0.4, 0.5) is 5.69 Å². The van der Waals surface area contributed by atoms with Gasteiger partial charge >= 0.3 is 15.2 Å². The van der Waals surface area contributed by atoms with Crippen molar-refractivity contribution in [3.8, 4) is 0 Å². The number of carboxylic acid groups (broad SMARTS) is 1. The zero-order valence-corrected chi connectivity index (χ0v) is 9.26. The second-order valence-electron chi connectivity index (χ2n) is 2.87. The molecule has 0 aliphatic carbocycles. The predicted octanol–water partition coefficient (Wildman–Crippen LogP) is 1.59. The zero-order chi connectivity index (χ0) is 11.6. The Hall–Kier alpha value is -1.27. The Morgan fingerprint density at radius 3 is 2.53 bits per heavy atom. The van der Waals surface area contributed by atoms with Gasteiger partial charge in [-0.15, -0.1) is 0 Å². The van der Waals surface area contributed by atoms with Crippen molar-refractivity contribution < 1.29 is 18.3 Å². The zero-order valence-electron chi connectivity index (χ0n) is 7.69. The van der Waals surface area contributed by atoms with Crippen LogP contribution in [-0.4, -0.2) is 19.5 Å². The van der Waals surface area contributed by atoms with Gasteiger partial charge in [0, 0.05) is 10.7 Å². The lowest BCUT2D eigenvalue weighted by atomic mass is 10.1. The van der Waals surface area contributed by atoms with E-state index < -0.39 is 15.2 Å². The van der Waals surface area contributed by atoms with Crippen LogP contribution in [0.3, 0.4) is 0 Å². The maximum absolute atomic E-state index is 10.7. The Kier molecular flexibility index (Phi) is 3.21. The number of benzene rings is 1. The summed E-state index contributed by atoms with van der Waals surface area (Å²) in [6.45, 7) is 1.63. The maximum atomic E-state index is 10.7. The van der Waals surface area contributed by atoms with Crippen LogP contribution in [0.5, 0.6) is 0 Å². The SMILES string of the molecule is Cc1ccc(C(=O)O)cc1NS(=O)(=O)Cl. The number of hydrogen-bond acceptors (Lipinski definition) is 3. The molecule has 15 heavy (non-hydrogen) atoms. The van der Waals surface area contributed by atoms with Crippen LogP contribution < -0.4 is 4.72 Å². The molecule has 0 saturated carbocycles. The largest absolute Gasteiger partial charge is 0.478 e. The van der Waals surface area contributed by atoms with E-state index in [0.717, 1.165) is 0 Å². The molecule has 0 amide bonds. The summed E-state index contributed by atoms with van der Waals surface area (Å²) >= 11 is 0. The summed E-state index contributed by atoms with van der Waals surface area (Å²) in [5.41, 5.74) is 0.734. The average molecular weight is 250 g/mol. The van der Waals surface area contributed by atoms with Gasteiger partial charge in [-0.25, -0.2) is 4.79 Å². The van der Waals surface area contributed by atoms with Gasteiger partial charge < -0.3 is 5.11 Å². The number of hydrogen-bond donors (Lipinski definition) is 2. The third kappa shape index (κ3) is 3.41. The molecule has 5 nitrogen and oxygen atoms in total. The lowest BCUT2D eigenvalue weighted by Gasteiger charge is -2.06. The molecule has 0 aliphatic heterocycles. The molecule has 82 valence electrons. The highest BCUT2D eigenvalue weighted by molar-refractivity contribution is 8.14. The fourth-order valence-corrected chi connectivity index (χ4v) is 1.73. The normalized spacial score (nSPS) is 11.1. The minimum absolute atomic E-state index is 0.0107. The van der Waals surface area contributed by atoms with E-state index >= 15 is 0 Å². The molecule has 1 aromatic carbocycles. The van der Waals surface area contributed by atoms with Crippen LogP contribution in [0.25, 0.3) is 0 Å². The van der Waals surface area contributed by atoms with E-state index in [4.69, 9.17) is 15.8 Å². The molecule has 0 aliphatic rings. The van der Waals surface area contributed by atoms with Gasteiger partial charge in [-0.2, -0.15) is 8.42 Å². The molecule has 1 rings (SSSR count). The monoisotopic (exact) mass is 249 g/mol. The number of nitrogens with one attached hydrogen (secondary N) is 1. The van der Waals surface area contributed by atoms with E-state index in [1.165, 1.54) is 18.2 Å². The Bertz CT molecular complexity index is 497. The first kappa shape index (κ1) is 11.8. The highest BCUT2D eigenvalue weighted by Gasteiger charge is 2.10. The number of aromatic carboxylic acids is 1. The van der Waals surface area contributed by atoms with Crippen LogP contribution in [0, 0.1) is 6.92 Å². The second kappa shape index (κ2) is 4.08. The number of halogens is 1. The van der Waals surface area contributed by atoms with E-state index in [1.54, 1.807) is 6.92 Å². The van der Waals surface area contributed by atoms with Crippen LogP contribution in [-0.2, 0) is 9.24 Å². The van der Waals surface area contributed by atoms with E-state index in [2.05, 4.69) is 0 Å². The summed E-state index contributed by atoms with van der Waals surface area (Å²) in [6, 6.07) is 4.08. The molecular formula is C8H8ClNO4S. The third-order valence-electron chi connectivity index (χ3n) is 1.72. The van der Waals surface area contributed by atoms with Crippen LogP contribution >= 0.6 is 10.7 Å². The van der Waals surface area contributed by atoms with Crippen molar-refractivity contribution in [2.45, 2.75) is 6.92 Å². The summed E-state index contributed by atoms with van der Waals surface area (Å²) in [5, 5.41) is 8.69. The van der Waals surface area contributed by atoms with Crippen LogP contribution in [0.2, 0.25) is 0 Å². The summed E-state index contributed by atoms with van der Waals surface area (Å²) in [7, 11) is 1.07. The maximum Gasteiger partial charge on any atom is 0.335 e. The molecule has 0 bridgehead atoms. The van der Waals surface area contributed by atoms with Crippen molar-refractivity contribution in [2.75, 3.05) is 4.72 Å². The Balaban J connectivity index is 3.17. The van der Waals surface area contributed by atoms with Crippen molar-refractivity contribution >= 4 is 31.6 Å². The molecule has 0 radical (unpaired) electrons. The molecule has 2 N–H and O–H groups in total. The van der Waals surface area contributed by atoms with Gasteiger partial charge in [0.1, 0.15) is 0 Å². The molecule has 0 saturated heterocycles. The fourth-order valence-electron chi connectivity index (χ4n) is 0.996. The number of carbonyl (C=O) groups is 1. The number of aryl methyl sites for hydroxylation is 1. The molecule has 0 atom stereocenters. The van der Waals surface area contributed by atoms with Gasteiger partial charge in [0.25, 0.3) is 0 Å². The van der Waals surface area contributed by atoms with Gasteiger partial charge in [-0.1, -0.05) is 6.07 Å². The molecule has 0 spiro atoms. The molecule has 0 unspecified atom stereocenters. The van der Waals surface area contributed by atoms with Crippen molar-refractivity contribution in [3.63, 3.8) is 0 Å². The van der Waals surface area contributed by atoms with Crippen molar-refractivity contribution in [1.82, 2.24) is 0 Å². The first-order valence-electron chi connectivity index (χ1n) is 3.86. The highest BCUT2D eigenvalue weighted by Crippen LogP contribution is 2.19. The smallest absolute Gasteiger partial charge is 0.335 e. The van der Waals surface area contributed by atoms with Crippen LogP contribution in [0.1, 0.15) is 15.9 Å². The first-order valence-corrected chi connectivity index (χ1v) is 6.17. The van der Waals surface area contributed by atoms with E-state index in [9.17, 15) is 13.2 Å². The second-order valence-corrected chi connectivity index (χ2v) is 5.17. The van der Waals surface area contributed by atoms with E-state index in [1.807, 2.05) is 4.72 Å². The Labute approximate surface area is 91.2 Å². The number of rotatable bonds is 3. The number of carboxylic acids is 1. The molecule has 0 heterocycles. The lowest BCUT2D eigenvalue weighted by Crippen LogP contribution is -2.07. The standard InChI is InChI=1S/C8H8ClNO4S/c1-5-2-3-6(8(11)12)4-7(5)10-15(9,13)14/h2-4,10H,1H3,(H,11,12).